The first-order chi connectivity index (χ1) is 13.8. The zero-order chi connectivity index (χ0) is 21.0. The maximum Gasteiger partial charge on any atom is 0.277 e. The fourth-order valence-electron chi connectivity index (χ4n) is 2.62. The molecule has 0 saturated heterocycles. The van der Waals surface area contributed by atoms with E-state index in [1.807, 2.05) is 12.1 Å². The van der Waals surface area contributed by atoms with Gasteiger partial charge < -0.3 is 9.73 Å². The van der Waals surface area contributed by atoms with Crippen molar-refractivity contribution in [2.45, 2.75) is 43.6 Å². The van der Waals surface area contributed by atoms with Gasteiger partial charge >= 0.3 is 0 Å². The molecule has 6 nitrogen and oxygen atoms in total. The van der Waals surface area contributed by atoms with Gasteiger partial charge in [0.1, 0.15) is 6.07 Å². The van der Waals surface area contributed by atoms with Crippen molar-refractivity contribution in [3.05, 3.63) is 59.7 Å². The number of carbonyl (C=O) groups excluding carboxylic acids is 1. The van der Waals surface area contributed by atoms with Crippen LogP contribution >= 0.6 is 11.8 Å². The van der Waals surface area contributed by atoms with Crippen LogP contribution in [0, 0.1) is 11.3 Å². The number of nitrogens with zero attached hydrogens (tertiary/aromatic N) is 3. The summed E-state index contributed by atoms with van der Waals surface area (Å²) in [7, 11) is 0. The molecule has 29 heavy (non-hydrogen) atoms. The quantitative estimate of drug-likeness (QED) is 0.598. The van der Waals surface area contributed by atoms with Crippen molar-refractivity contribution in [1.82, 2.24) is 10.2 Å². The van der Waals surface area contributed by atoms with Gasteiger partial charge in [-0.2, -0.15) is 5.26 Å². The van der Waals surface area contributed by atoms with E-state index in [4.69, 9.17) is 9.68 Å². The molecule has 0 aliphatic heterocycles. The van der Waals surface area contributed by atoms with Gasteiger partial charge in [0, 0.05) is 5.56 Å². The van der Waals surface area contributed by atoms with E-state index in [1.54, 1.807) is 31.2 Å². The maximum absolute atomic E-state index is 12.5. The molecule has 1 amide bonds. The summed E-state index contributed by atoms with van der Waals surface area (Å²) in [6.45, 7) is 8.22. The van der Waals surface area contributed by atoms with E-state index >= 15 is 0 Å². The van der Waals surface area contributed by atoms with Gasteiger partial charge in [-0.1, -0.05) is 56.8 Å². The molecule has 1 N–H and O–H groups in total. The van der Waals surface area contributed by atoms with Crippen LogP contribution in [0.15, 0.2) is 58.2 Å². The number of nitriles is 1. The summed E-state index contributed by atoms with van der Waals surface area (Å²) in [5.41, 5.74) is 3.02. The Morgan fingerprint density at radius 1 is 1.14 bits per heavy atom. The number of thioether (sulfide) groups is 1. The van der Waals surface area contributed by atoms with Crippen LogP contribution in [0.5, 0.6) is 0 Å². The number of rotatable bonds is 5. The lowest BCUT2D eigenvalue weighted by molar-refractivity contribution is -0.115. The van der Waals surface area contributed by atoms with Crippen molar-refractivity contribution in [2.75, 3.05) is 5.32 Å². The zero-order valence-electron chi connectivity index (χ0n) is 16.8. The number of hydrogen-bond acceptors (Lipinski definition) is 6. The first kappa shape index (κ1) is 20.6. The summed E-state index contributed by atoms with van der Waals surface area (Å²) >= 11 is 1.17. The van der Waals surface area contributed by atoms with Gasteiger partial charge in [-0.25, -0.2) is 0 Å². The number of nitrogens with one attached hydrogen (secondary N) is 1. The second kappa shape index (κ2) is 8.50. The summed E-state index contributed by atoms with van der Waals surface area (Å²) in [6.07, 6.45) is 0. The molecular weight excluding hydrogens is 384 g/mol. The summed E-state index contributed by atoms with van der Waals surface area (Å²) in [5, 5.41) is 19.9. The molecule has 1 atom stereocenters. The maximum atomic E-state index is 12.5. The van der Waals surface area contributed by atoms with Gasteiger partial charge in [-0.05, 0) is 42.2 Å². The molecule has 7 heteroatoms. The van der Waals surface area contributed by atoms with Crippen LogP contribution in [-0.4, -0.2) is 21.4 Å². The van der Waals surface area contributed by atoms with Crippen LogP contribution in [0.1, 0.15) is 38.8 Å². The minimum Gasteiger partial charge on any atom is -0.411 e. The highest BCUT2D eigenvalue weighted by molar-refractivity contribution is 8.00. The van der Waals surface area contributed by atoms with Crippen molar-refractivity contribution in [2.24, 2.45) is 0 Å². The Morgan fingerprint density at radius 3 is 2.48 bits per heavy atom. The Morgan fingerprint density at radius 2 is 1.83 bits per heavy atom. The minimum atomic E-state index is -0.474. The predicted molar refractivity (Wildman–Crippen MR) is 114 cm³/mol. The molecule has 3 aromatic rings. The van der Waals surface area contributed by atoms with Crippen LogP contribution in [0.2, 0.25) is 0 Å². The van der Waals surface area contributed by atoms with Gasteiger partial charge in [-0.3, -0.25) is 4.79 Å². The van der Waals surface area contributed by atoms with Gasteiger partial charge in [0.2, 0.25) is 11.8 Å². The average Bonchev–Trinajstić information content (AvgIpc) is 3.16. The highest BCUT2D eigenvalue weighted by Gasteiger charge is 2.20. The van der Waals surface area contributed by atoms with Crippen LogP contribution in [0.25, 0.3) is 11.5 Å². The molecule has 0 aliphatic rings. The minimum absolute atomic E-state index is 0.0708. The van der Waals surface area contributed by atoms with Gasteiger partial charge in [0.15, 0.2) is 0 Å². The highest BCUT2D eigenvalue weighted by atomic mass is 32.2. The van der Waals surface area contributed by atoms with Gasteiger partial charge in [0.05, 0.1) is 16.5 Å². The molecule has 2 aromatic carbocycles. The van der Waals surface area contributed by atoms with E-state index in [2.05, 4.69) is 54.5 Å². The number of carbonyl (C=O) groups is 1. The normalized spacial score (nSPS) is 12.2. The number of aromatic nitrogens is 2. The highest BCUT2D eigenvalue weighted by Crippen LogP contribution is 2.29. The number of hydrogen-bond donors (Lipinski definition) is 1. The van der Waals surface area contributed by atoms with Crippen molar-refractivity contribution < 1.29 is 9.21 Å². The Balaban J connectivity index is 1.66. The SMILES string of the molecule is C[C@@H](Sc1nnc(-c2ccc(C(C)(C)C)cc2)o1)C(=O)Nc1ccccc1C#N. The van der Waals surface area contributed by atoms with Crippen molar-refractivity contribution >= 4 is 23.4 Å². The topological polar surface area (TPSA) is 91.8 Å². The monoisotopic (exact) mass is 406 g/mol. The molecule has 0 aliphatic carbocycles. The molecule has 0 bridgehead atoms. The summed E-state index contributed by atoms with van der Waals surface area (Å²) in [6, 6.07) is 16.9. The van der Waals surface area contributed by atoms with Gasteiger partial charge in [-0.15, -0.1) is 10.2 Å². The molecule has 3 rings (SSSR count). The third kappa shape index (κ3) is 5.04. The smallest absolute Gasteiger partial charge is 0.277 e. The van der Waals surface area contributed by atoms with Crippen LogP contribution in [-0.2, 0) is 10.2 Å². The Bertz CT molecular complexity index is 1050. The summed E-state index contributed by atoms with van der Waals surface area (Å²) in [5.74, 6) is 0.169. The Labute approximate surface area is 174 Å². The number of anilines is 1. The molecule has 0 spiro atoms. The summed E-state index contributed by atoms with van der Waals surface area (Å²) < 4.78 is 5.72. The lowest BCUT2D eigenvalue weighted by Crippen LogP contribution is -2.22. The lowest BCUT2D eigenvalue weighted by Gasteiger charge is -2.18. The first-order valence-corrected chi connectivity index (χ1v) is 10.1. The van der Waals surface area contributed by atoms with E-state index in [0.717, 1.165) is 5.56 Å². The van der Waals surface area contributed by atoms with E-state index in [1.165, 1.54) is 17.3 Å². The van der Waals surface area contributed by atoms with E-state index < -0.39 is 5.25 Å². The molecule has 0 radical (unpaired) electrons. The largest absolute Gasteiger partial charge is 0.411 e. The van der Waals surface area contributed by atoms with Crippen LogP contribution < -0.4 is 5.32 Å². The third-order valence-corrected chi connectivity index (χ3v) is 5.29. The van der Waals surface area contributed by atoms with Crippen LogP contribution in [0.3, 0.4) is 0 Å². The standard InChI is InChI=1S/C22H22N4O2S/c1-14(19(27)24-18-8-6-5-7-16(18)13-23)29-21-26-25-20(28-21)15-9-11-17(12-10-15)22(2,3)4/h5-12,14H,1-4H3,(H,24,27)/t14-/m1/s1. The molecule has 1 heterocycles. The number of benzene rings is 2. The van der Waals surface area contributed by atoms with Crippen molar-refractivity contribution in [3.63, 3.8) is 0 Å². The van der Waals surface area contributed by atoms with Gasteiger partial charge in [0.25, 0.3) is 5.22 Å². The van der Waals surface area contributed by atoms with E-state index in [9.17, 15) is 4.79 Å². The second-order valence-electron chi connectivity index (χ2n) is 7.61. The summed E-state index contributed by atoms with van der Waals surface area (Å²) in [4.78, 5) is 12.5. The molecule has 0 saturated carbocycles. The Hall–Kier alpha value is -3.11. The number of amides is 1. The van der Waals surface area contributed by atoms with E-state index in [0.29, 0.717) is 22.4 Å². The predicted octanol–water partition coefficient (Wildman–Crippen LogP) is 5.03. The fourth-order valence-corrected chi connectivity index (χ4v) is 3.30. The molecule has 148 valence electrons. The van der Waals surface area contributed by atoms with E-state index in [-0.39, 0.29) is 11.3 Å². The van der Waals surface area contributed by atoms with Crippen molar-refractivity contribution in [1.29, 1.82) is 5.26 Å². The zero-order valence-corrected chi connectivity index (χ0v) is 17.6. The molecule has 1 aromatic heterocycles. The molecule has 0 unspecified atom stereocenters. The third-order valence-electron chi connectivity index (χ3n) is 4.36. The van der Waals surface area contributed by atoms with Crippen molar-refractivity contribution in [3.8, 4) is 17.5 Å². The fraction of sp³-hybridized carbons (Fsp3) is 0.273. The Kier molecular flexibility index (Phi) is 6.04. The average molecular weight is 407 g/mol. The molecular formula is C22H22N4O2S. The molecule has 0 fully saturated rings. The lowest BCUT2D eigenvalue weighted by atomic mass is 9.87. The number of para-hydroxylation sites is 1. The first-order valence-electron chi connectivity index (χ1n) is 9.19. The second-order valence-corrected chi connectivity index (χ2v) is 8.90. The van der Waals surface area contributed by atoms with Crippen LogP contribution in [0.4, 0.5) is 5.69 Å².